The number of unbranched alkanes of at least 4 members (excludes halogenated alkanes) is 2. The first-order chi connectivity index (χ1) is 6.66. The number of rotatable bonds is 8. The van der Waals surface area contributed by atoms with Crippen LogP contribution in [0, 0.1) is 5.92 Å². The fraction of sp³-hybridized carbons (Fsp3) is 0.909. The van der Waals surface area contributed by atoms with Crippen molar-refractivity contribution in [3.63, 3.8) is 0 Å². The summed E-state index contributed by atoms with van der Waals surface area (Å²) in [4.78, 5) is 10.7. The first-order valence-electron chi connectivity index (χ1n) is 5.49. The maximum atomic E-state index is 10.7. The van der Waals surface area contributed by atoms with Gasteiger partial charge in [0.15, 0.2) is 0 Å². The third kappa shape index (κ3) is 9.90. The van der Waals surface area contributed by atoms with Crippen LogP contribution in [0.2, 0.25) is 0 Å². The summed E-state index contributed by atoms with van der Waals surface area (Å²) < 4.78 is 4.90. The van der Waals surface area contributed by atoms with Crippen LogP contribution in [0.4, 0.5) is 0 Å². The van der Waals surface area contributed by atoms with Crippen molar-refractivity contribution in [3.8, 4) is 0 Å². The van der Waals surface area contributed by atoms with Crippen molar-refractivity contribution in [2.45, 2.75) is 52.9 Å². The Morgan fingerprint density at radius 3 is 2.57 bits per heavy atom. The Balaban J connectivity index is 3.03. The Labute approximate surface area is 92.0 Å². The minimum absolute atomic E-state index is 0.114. The van der Waals surface area contributed by atoms with Gasteiger partial charge >= 0.3 is 5.97 Å². The van der Waals surface area contributed by atoms with Gasteiger partial charge in [0.05, 0.1) is 12.0 Å². The molecular weight excluding hydrogens is 196 g/mol. The minimum Gasteiger partial charge on any atom is -0.391 e. The van der Waals surface area contributed by atoms with Gasteiger partial charge in [-0.25, -0.2) is 0 Å². The molecule has 0 radical (unpaired) electrons. The van der Waals surface area contributed by atoms with Crippen LogP contribution < -0.4 is 0 Å². The molecule has 0 rings (SSSR count). The molecule has 0 unspecified atom stereocenters. The minimum atomic E-state index is -0.114. The van der Waals surface area contributed by atoms with Crippen LogP contribution >= 0.6 is 12.0 Å². The number of carbonyl (C=O) groups is 1. The van der Waals surface area contributed by atoms with E-state index < -0.39 is 0 Å². The molecule has 3 heteroatoms. The monoisotopic (exact) mass is 218 g/mol. The molecule has 84 valence electrons. The molecule has 0 aromatic carbocycles. The van der Waals surface area contributed by atoms with Gasteiger partial charge in [-0.3, -0.25) is 4.79 Å². The van der Waals surface area contributed by atoms with E-state index in [2.05, 4.69) is 13.8 Å². The quantitative estimate of drug-likeness (QED) is 0.458. The van der Waals surface area contributed by atoms with Gasteiger partial charge in [0.25, 0.3) is 0 Å². The van der Waals surface area contributed by atoms with Gasteiger partial charge in [0.2, 0.25) is 0 Å². The first-order valence-corrected chi connectivity index (χ1v) is 6.40. The lowest BCUT2D eigenvalue weighted by molar-refractivity contribution is -0.132. The zero-order valence-electron chi connectivity index (χ0n) is 9.54. The SMILES string of the molecule is CCC(=O)OSCCCCCC(C)C. The molecule has 0 aliphatic heterocycles. The lowest BCUT2D eigenvalue weighted by Crippen LogP contribution is -1.96. The normalized spacial score (nSPS) is 10.6. The third-order valence-electron chi connectivity index (χ3n) is 1.95. The van der Waals surface area contributed by atoms with Crippen LogP contribution in [0.3, 0.4) is 0 Å². The van der Waals surface area contributed by atoms with Gasteiger partial charge in [-0.2, -0.15) is 0 Å². The summed E-state index contributed by atoms with van der Waals surface area (Å²) >= 11 is 1.30. The zero-order chi connectivity index (χ0) is 10.8. The molecule has 0 spiro atoms. The largest absolute Gasteiger partial charge is 0.391 e. The maximum absolute atomic E-state index is 10.7. The molecule has 0 fully saturated rings. The number of carbonyl (C=O) groups excluding carboxylic acids is 1. The summed E-state index contributed by atoms with van der Waals surface area (Å²) in [6.07, 6.45) is 5.46. The molecule has 0 atom stereocenters. The van der Waals surface area contributed by atoms with Crippen LogP contribution in [0.1, 0.15) is 52.9 Å². The Kier molecular flexibility index (Phi) is 9.26. The molecule has 0 N–H and O–H groups in total. The molecule has 0 saturated carbocycles. The fourth-order valence-corrected chi connectivity index (χ4v) is 1.71. The molecule has 0 heterocycles. The van der Waals surface area contributed by atoms with E-state index in [4.69, 9.17) is 4.18 Å². The van der Waals surface area contributed by atoms with Crippen LogP contribution in [0.25, 0.3) is 0 Å². The van der Waals surface area contributed by atoms with Crippen molar-refractivity contribution < 1.29 is 8.98 Å². The molecule has 0 aliphatic carbocycles. The Hall–Kier alpha value is -0.180. The molecule has 0 aromatic heterocycles. The van der Waals surface area contributed by atoms with Gasteiger partial charge < -0.3 is 4.18 Å². The molecule has 0 saturated heterocycles. The van der Waals surface area contributed by atoms with Gasteiger partial charge in [-0.15, -0.1) is 0 Å². The second-order valence-electron chi connectivity index (χ2n) is 3.87. The molecule has 0 amide bonds. The summed E-state index contributed by atoms with van der Waals surface area (Å²) in [7, 11) is 0. The predicted molar refractivity (Wildman–Crippen MR) is 62.1 cm³/mol. The number of hydrogen-bond donors (Lipinski definition) is 0. The standard InChI is InChI=1S/C11H22O2S/c1-4-11(12)13-14-9-7-5-6-8-10(2)3/h10H,4-9H2,1-3H3. The topological polar surface area (TPSA) is 26.3 Å². The fourth-order valence-electron chi connectivity index (χ4n) is 1.06. The van der Waals surface area contributed by atoms with E-state index in [1.165, 1.54) is 31.3 Å². The van der Waals surface area contributed by atoms with Gasteiger partial charge in [0, 0.05) is 12.2 Å². The summed E-state index contributed by atoms with van der Waals surface area (Å²) in [6.45, 7) is 6.31. The van der Waals surface area contributed by atoms with E-state index in [1.807, 2.05) is 6.92 Å². The van der Waals surface area contributed by atoms with E-state index >= 15 is 0 Å². The van der Waals surface area contributed by atoms with Crippen molar-refractivity contribution in [3.05, 3.63) is 0 Å². The van der Waals surface area contributed by atoms with Crippen molar-refractivity contribution in [1.82, 2.24) is 0 Å². The van der Waals surface area contributed by atoms with Crippen molar-refractivity contribution >= 4 is 18.0 Å². The summed E-state index contributed by atoms with van der Waals surface area (Å²) in [5.74, 6) is 1.63. The maximum Gasteiger partial charge on any atom is 0.317 e. The van der Waals surface area contributed by atoms with E-state index in [0.29, 0.717) is 6.42 Å². The lowest BCUT2D eigenvalue weighted by atomic mass is 10.1. The van der Waals surface area contributed by atoms with E-state index in [0.717, 1.165) is 18.1 Å². The third-order valence-corrected chi connectivity index (χ3v) is 2.71. The molecular formula is C11H22O2S. The molecule has 0 bridgehead atoms. The average Bonchev–Trinajstić information content (AvgIpc) is 2.15. The first kappa shape index (κ1) is 13.8. The highest BCUT2D eigenvalue weighted by molar-refractivity contribution is 7.95. The van der Waals surface area contributed by atoms with Crippen molar-refractivity contribution in [2.75, 3.05) is 5.75 Å². The molecule has 2 nitrogen and oxygen atoms in total. The average molecular weight is 218 g/mol. The summed E-state index contributed by atoms with van der Waals surface area (Å²) in [5, 5.41) is 0. The molecule has 0 aromatic rings. The molecule has 14 heavy (non-hydrogen) atoms. The van der Waals surface area contributed by atoms with Crippen LogP contribution in [0.5, 0.6) is 0 Å². The van der Waals surface area contributed by atoms with E-state index in [9.17, 15) is 4.79 Å². The lowest BCUT2D eigenvalue weighted by Gasteiger charge is -2.03. The summed E-state index contributed by atoms with van der Waals surface area (Å²) in [6, 6.07) is 0. The van der Waals surface area contributed by atoms with Gasteiger partial charge in [-0.1, -0.05) is 40.0 Å². The summed E-state index contributed by atoms with van der Waals surface area (Å²) in [5.41, 5.74) is 0. The predicted octanol–water partition coefficient (Wildman–Crippen LogP) is 3.80. The Bertz CT molecular complexity index is 146. The second-order valence-corrected chi connectivity index (χ2v) is 4.68. The second kappa shape index (κ2) is 9.38. The highest BCUT2D eigenvalue weighted by Crippen LogP contribution is 2.12. The zero-order valence-corrected chi connectivity index (χ0v) is 10.4. The van der Waals surface area contributed by atoms with Crippen molar-refractivity contribution in [2.24, 2.45) is 5.92 Å². The Morgan fingerprint density at radius 1 is 1.29 bits per heavy atom. The highest BCUT2D eigenvalue weighted by Gasteiger charge is 1.99. The van der Waals surface area contributed by atoms with Crippen LogP contribution in [-0.2, 0) is 8.98 Å². The van der Waals surface area contributed by atoms with Crippen molar-refractivity contribution in [1.29, 1.82) is 0 Å². The highest BCUT2D eigenvalue weighted by atomic mass is 32.2. The van der Waals surface area contributed by atoms with E-state index in [-0.39, 0.29) is 5.97 Å². The van der Waals surface area contributed by atoms with Gasteiger partial charge in [-0.05, 0) is 12.3 Å². The smallest absolute Gasteiger partial charge is 0.317 e. The molecule has 0 aliphatic rings. The van der Waals surface area contributed by atoms with Crippen LogP contribution in [-0.4, -0.2) is 11.7 Å². The van der Waals surface area contributed by atoms with E-state index in [1.54, 1.807) is 0 Å². The Morgan fingerprint density at radius 2 is 2.00 bits per heavy atom. The van der Waals surface area contributed by atoms with Crippen LogP contribution in [0.15, 0.2) is 0 Å². The number of hydrogen-bond acceptors (Lipinski definition) is 3. The van der Waals surface area contributed by atoms with Gasteiger partial charge in [0.1, 0.15) is 0 Å².